The molecule has 4 heteroatoms. The Kier molecular flexibility index (Phi) is 5.66. The molecule has 0 saturated carbocycles. The lowest BCUT2D eigenvalue weighted by atomic mass is 9.91. The smallest absolute Gasteiger partial charge is 0.335 e. The predicted octanol–water partition coefficient (Wildman–Crippen LogP) is 0.439. The molecule has 0 fully saturated rings. The summed E-state index contributed by atoms with van der Waals surface area (Å²) in [5.74, 6) is -0.637. The largest absolute Gasteiger partial charge is 0.467 e. The Balaban J connectivity index is 4.26. The minimum Gasteiger partial charge on any atom is -0.467 e. The van der Waals surface area contributed by atoms with E-state index in [4.69, 9.17) is 4.74 Å². The van der Waals surface area contributed by atoms with Gasteiger partial charge >= 0.3 is 5.97 Å². The number of ether oxygens (including phenoxy) is 2. The first-order valence-electron chi connectivity index (χ1n) is 4.29. The van der Waals surface area contributed by atoms with Crippen LogP contribution in [-0.2, 0) is 14.3 Å². The van der Waals surface area contributed by atoms with Gasteiger partial charge in [-0.05, 0) is 5.92 Å². The maximum atomic E-state index is 11.0. The maximum Gasteiger partial charge on any atom is 0.335 e. The van der Waals surface area contributed by atoms with Crippen LogP contribution in [-0.4, -0.2) is 38.0 Å². The van der Waals surface area contributed by atoms with Crippen molar-refractivity contribution in [2.75, 3.05) is 20.8 Å². The molecule has 0 aromatic heterocycles. The Morgan fingerprint density at radius 2 is 1.92 bits per heavy atom. The fourth-order valence-corrected chi connectivity index (χ4v) is 1.14. The van der Waals surface area contributed by atoms with Crippen molar-refractivity contribution in [2.24, 2.45) is 11.8 Å². The highest BCUT2D eigenvalue weighted by Gasteiger charge is 2.29. The zero-order chi connectivity index (χ0) is 10.4. The predicted molar refractivity (Wildman–Crippen MR) is 48.2 cm³/mol. The molecule has 0 amide bonds. The topological polar surface area (TPSA) is 55.8 Å². The van der Waals surface area contributed by atoms with Crippen LogP contribution in [0.4, 0.5) is 0 Å². The lowest BCUT2D eigenvalue weighted by Gasteiger charge is -2.23. The van der Waals surface area contributed by atoms with Crippen LogP contribution in [0.5, 0.6) is 0 Å². The molecular weight excluding hydrogens is 172 g/mol. The third-order valence-electron chi connectivity index (χ3n) is 2.06. The number of carbonyl (C=O) groups is 1. The van der Waals surface area contributed by atoms with Crippen LogP contribution < -0.4 is 0 Å². The second kappa shape index (κ2) is 5.94. The molecule has 0 aromatic carbocycles. The minimum atomic E-state index is -1.09. The van der Waals surface area contributed by atoms with Crippen LogP contribution in [0.15, 0.2) is 0 Å². The zero-order valence-electron chi connectivity index (χ0n) is 8.61. The number of aliphatic hydroxyl groups is 1. The van der Waals surface area contributed by atoms with Crippen molar-refractivity contribution >= 4 is 5.97 Å². The van der Waals surface area contributed by atoms with Gasteiger partial charge in [-0.15, -0.1) is 0 Å². The number of hydrogen-bond donors (Lipinski definition) is 1. The molecule has 0 spiro atoms. The molecule has 0 saturated heterocycles. The molecule has 0 radical (unpaired) electrons. The van der Waals surface area contributed by atoms with Crippen molar-refractivity contribution in [1.82, 2.24) is 0 Å². The summed E-state index contributed by atoms with van der Waals surface area (Å²) >= 11 is 0. The molecule has 0 bridgehead atoms. The van der Waals surface area contributed by atoms with Gasteiger partial charge in [0, 0.05) is 13.0 Å². The lowest BCUT2D eigenvalue weighted by molar-refractivity contribution is -0.155. The van der Waals surface area contributed by atoms with Gasteiger partial charge in [0.1, 0.15) is 0 Å². The number of esters is 1. The number of hydrogen-bond acceptors (Lipinski definition) is 4. The maximum absolute atomic E-state index is 11.0. The Hall–Kier alpha value is -0.610. The molecule has 2 atom stereocenters. The number of aliphatic hydroxyl groups excluding tert-OH is 1. The molecular formula is C9H18O4. The summed E-state index contributed by atoms with van der Waals surface area (Å²) in [5.41, 5.74) is 0. The third-order valence-corrected chi connectivity index (χ3v) is 2.06. The molecule has 4 nitrogen and oxygen atoms in total. The van der Waals surface area contributed by atoms with Crippen molar-refractivity contribution in [3.05, 3.63) is 0 Å². The summed E-state index contributed by atoms with van der Waals surface area (Å²) in [5, 5.41) is 9.52. The molecule has 0 aliphatic carbocycles. The van der Waals surface area contributed by atoms with Gasteiger partial charge in [0.25, 0.3) is 0 Å². The monoisotopic (exact) mass is 190 g/mol. The number of carbonyl (C=O) groups excluding carboxylic acids is 1. The SMILES string of the molecule is COCC(C(C)C)C(O)C(=O)OC. The average Bonchev–Trinajstić information content (AvgIpc) is 2.11. The van der Waals surface area contributed by atoms with Crippen LogP contribution in [0, 0.1) is 11.8 Å². The molecule has 0 aromatic rings. The zero-order valence-corrected chi connectivity index (χ0v) is 8.61. The molecule has 13 heavy (non-hydrogen) atoms. The molecule has 2 unspecified atom stereocenters. The van der Waals surface area contributed by atoms with E-state index in [2.05, 4.69) is 4.74 Å². The fourth-order valence-electron chi connectivity index (χ4n) is 1.14. The lowest BCUT2D eigenvalue weighted by Crippen LogP contribution is -2.36. The van der Waals surface area contributed by atoms with Gasteiger partial charge in [0.05, 0.1) is 13.7 Å². The van der Waals surface area contributed by atoms with Gasteiger partial charge in [0.15, 0.2) is 6.10 Å². The first-order valence-corrected chi connectivity index (χ1v) is 4.29. The summed E-state index contributed by atoms with van der Waals surface area (Å²) in [4.78, 5) is 11.0. The standard InChI is InChI=1S/C9H18O4/c1-6(2)7(5-12-3)8(10)9(11)13-4/h6-8,10H,5H2,1-4H3. The van der Waals surface area contributed by atoms with E-state index in [0.717, 1.165) is 0 Å². The Morgan fingerprint density at radius 3 is 2.23 bits per heavy atom. The van der Waals surface area contributed by atoms with E-state index in [1.165, 1.54) is 7.11 Å². The van der Waals surface area contributed by atoms with Crippen molar-refractivity contribution < 1.29 is 19.4 Å². The highest BCUT2D eigenvalue weighted by atomic mass is 16.5. The van der Waals surface area contributed by atoms with E-state index < -0.39 is 12.1 Å². The van der Waals surface area contributed by atoms with E-state index in [1.54, 1.807) is 7.11 Å². The van der Waals surface area contributed by atoms with Crippen LogP contribution in [0.1, 0.15) is 13.8 Å². The van der Waals surface area contributed by atoms with Crippen molar-refractivity contribution in [2.45, 2.75) is 20.0 Å². The molecule has 0 heterocycles. The fraction of sp³-hybridized carbons (Fsp3) is 0.889. The van der Waals surface area contributed by atoms with Crippen molar-refractivity contribution in [3.63, 3.8) is 0 Å². The van der Waals surface area contributed by atoms with Crippen LogP contribution in [0.25, 0.3) is 0 Å². The van der Waals surface area contributed by atoms with Gasteiger partial charge in [-0.1, -0.05) is 13.8 Å². The first kappa shape index (κ1) is 12.4. The second-order valence-electron chi connectivity index (χ2n) is 3.33. The summed E-state index contributed by atoms with van der Waals surface area (Å²) in [6.45, 7) is 4.21. The van der Waals surface area contributed by atoms with Crippen molar-refractivity contribution in [1.29, 1.82) is 0 Å². The van der Waals surface area contributed by atoms with Crippen LogP contribution >= 0.6 is 0 Å². The van der Waals surface area contributed by atoms with Crippen LogP contribution in [0.3, 0.4) is 0 Å². The average molecular weight is 190 g/mol. The molecule has 78 valence electrons. The minimum absolute atomic E-state index is 0.175. The third kappa shape index (κ3) is 3.74. The number of rotatable bonds is 5. The summed E-state index contributed by atoms with van der Waals surface area (Å²) in [7, 11) is 2.80. The normalized spacial score (nSPS) is 15.5. The summed E-state index contributed by atoms with van der Waals surface area (Å²) in [6, 6.07) is 0. The van der Waals surface area contributed by atoms with E-state index in [0.29, 0.717) is 6.61 Å². The van der Waals surface area contributed by atoms with Crippen molar-refractivity contribution in [3.8, 4) is 0 Å². The van der Waals surface area contributed by atoms with E-state index in [1.807, 2.05) is 13.8 Å². The highest BCUT2D eigenvalue weighted by molar-refractivity contribution is 5.74. The van der Waals surface area contributed by atoms with Gasteiger partial charge in [-0.25, -0.2) is 4.79 Å². The molecule has 1 N–H and O–H groups in total. The number of methoxy groups -OCH3 is 2. The van der Waals surface area contributed by atoms with Gasteiger partial charge < -0.3 is 14.6 Å². The quantitative estimate of drug-likeness (QED) is 0.639. The Labute approximate surface area is 78.8 Å². The Bertz CT molecular complexity index is 156. The molecule has 0 aliphatic rings. The van der Waals surface area contributed by atoms with Gasteiger partial charge in [-0.2, -0.15) is 0 Å². The Morgan fingerprint density at radius 1 is 1.38 bits per heavy atom. The molecule has 0 rings (SSSR count). The summed E-state index contributed by atoms with van der Waals surface area (Å²) < 4.78 is 9.36. The van der Waals surface area contributed by atoms with Gasteiger partial charge in [-0.3, -0.25) is 0 Å². The van der Waals surface area contributed by atoms with Crippen LogP contribution in [0.2, 0.25) is 0 Å². The van der Waals surface area contributed by atoms with E-state index >= 15 is 0 Å². The van der Waals surface area contributed by atoms with E-state index in [9.17, 15) is 9.90 Å². The summed E-state index contributed by atoms with van der Waals surface area (Å²) in [6.07, 6.45) is -1.09. The first-order chi connectivity index (χ1) is 6.04. The second-order valence-corrected chi connectivity index (χ2v) is 3.33. The highest BCUT2D eigenvalue weighted by Crippen LogP contribution is 2.16. The molecule has 0 aliphatic heterocycles. The van der Waals surface area contributed by atoms with E-state index in [-0.39, 0.29) is 11.8 Å². The van der Waals surface area contributed by atoms with Gasteiger partial charge in [0.2, 0.25) is 0 Å².